The number of ether oxygens (including phenoxy) is 1. The maximum atomic E-state index is 13.0. The molecule has 0 spiro atoms. The number of urea groups is 1. The third kappa shape index (κ3) is 5.96. The normalized spacial score (nSPS) is 11.9. The Hall–Kier alpha value is -2.60. The van der Waals surface area contributed by atoms with Crippen LogP contribution in [0.2, 0.25) is 0 Å². The number of amides is 2. The summed E-state index contributed by atoms with van der Waals surface area (Å²) in [4.78, 5) is 14.4. The molecule has 2 aromatic carbocycles. The van der Waals surface area contributed by atoms with Gasteiger partial charge < -0.3 is 20.1 Å². The molecule has 1 unspecified atom stereocenters. The molecule has 0 fully saturated rings. The molecule has 0 saturated carbocycles. The fourth-order valence-electron chi connectivity index (χ4n) is 2.84. The van der Waals surface area contributed by atoms with Gasteiger partial charge in [0.2, 0.25) is 0 Å². The number of halogens is 1. The third-order valence-electron chi connectivity index (χ3n) is 4.36. The minimum Gasteiger partial charge on any atom is -0.495 e. The second-order valence-electron chi connectivity index (χ2n) is 6.63. The smallest absolute Gasteiger partial charge is 0.322 e. The fraction of sp³-hybridized carbons (Fsp3) is 0.381. The number of hydrogen-bond donors (Lipinski definition) is 2. The average Bonchev–Trinajstić information content (AvgIpc) is 2.65. The zero-order valence-electron chi connectivity index (χ0n) is 16.0. The number of aliphatic hydroxyl groups excluding tert-OH is 1. The maximum absolute atomic E-state index is 13.0. The zero-order valence-corrected chi connectivity index (χ0v) is 16.0. The van der Waals surface area contributed by atoms with Gasteiger partial charge in [-0.05, 0) is 56.5 Å². The lowest BCUT2D eigenvalue weighted by Crippen LogP contribution is -2.40. The number of rotatable bonds is 8. The summed E-state index contributed by atoms with van der Waals surface area (Å²) in [5.74, 6) is 0.270. The Morgan fingerprint density at radius 2 is 1.85 bits per heavy atom. The highest BCUT2D eigenvalue weighted by molar-refractivity contribution is 5.91. The van der Waals surface area contributed by atoms with Gasteiger partial charge in [0.25, 0.3) is 0 Å². The predicted molar refractivity (Wildman–Crippen MR) is 104 cm³/mol. The lowest BCUT2D eigenvalue weighted by atomic mass is 10.0. The summed E-state index contributed by atoms with van der Waals surface area (Å²) in [5, 5.41) is 13.1. The second kappa shape index (κ2) is 9.92. The lowest BCUT2D eigenvalue weighted by molar-refractivity contribution is 0.152. The van der Waals surface area contributed by atoms with E-state index in [1.165, 1.54) is 12.1 Å². The first-order chi connectivity index (χ1) is 12.9. The molecule has 0 heterocycles. The summed E-state index contributed by atoms with van der Waals surface area (Å²) in [5.41, 5.74) is 1.29. The predicted octanol–water partition coefficient (Wildman–Crippen LogP) is 4.59. The molecule has 2 N–H and O–H groups in total. The summed E-state index contributed by atoms with van der Waals surface area (Å²) in [6.07, 6.45) is 0.421. The van der Waals surface area contributed by atoms with Crippen LogP contribution >= 0.6 is 0 Å². The van der Waals surface area contributed by atoms with Crippen molar-refractivity contribution in [3.05, 3.63) is 59.9 Å². The van der Waals surface area contributed by atoms with E-state index in [2.05, 4.69) is 5.32 Å². The maximum Gasteiger partial charge on any atom is 0.322 e. The van der Waals surface area contributed by atoms with Crippen molar-refractivity contribution in [1.82, 2.24) is 4.90 Å². The minimum atomic E-state index is -0.683. The molecule has 1 atom stereocenters. The van der Waals surface area contributed by atoms with Crippen molar-refractivity contribution in [2.75, 3.05) is 19.0 Å². The zero-order chi connectivity index (χ0) is 19.8. The first-order valence-corrected chi connectivity index (χ1v) is 9.06. The summed E-state index contributed by atoms with van der Waals surface area (Å²) >= 11 is 0. The van der Waals surface area contributed by atoms with Crippen LogP contribution < -0.4 is 10.1 Å². The Morgan fingerprint density at radius 1 is 1.19 bits per heavy atom. The molecule has 27 heavy (non-hydrogen) atoms. The Kier molecular flexibility index (Phi) is 7.61. The van der Waals surface area contributed by atoms with E-state index in [0.29, 0.717) is 36.4 Å². The summed E-state index contributed by atoms with van der Waals surface area (Å²) < 4.78 is 18.2. The van der Waals surface area contributed by atoms with Gasteiger partial charge in [0.1, 0.15) is 11.6 Å². The number of anilines is 1. The first-order valence-electron chi connectivity index (χ1n) is 9.06. The molecule has 2 amide bonds. The van der Waals surface area contributed by atoms with Gasteiger partial charge >= 0.3 is 6.03 Å². The first kappa shape index (κ1) is 20.7. The highest BCUT2D eigenvalue weighted by Gasteiger charge is 2.19. The van der Waals surface area contributed by atoms with Gasteiger partial charge in [0.05, 0.1) is 18.9 Å². The Morgan fingerprint density at radius 3 is 2.48 bits per heavy atom. The highest BCUT2D eigenvalue weighted by Crippen LogP contribution is 2.24. The van der Waals surface area contributed by atoms with E-state index in [1.807, 2.05) is 26.0 Å². The number of para-hydroxylation sites is 2. The molecule has 0 radical (unpaired) electrons. The van der Waals surface area contributed by atoms with Crippen LogP contribution in [0.3, 0.4) is 0 Å². The largest absolute Gasteiger partial charge is 0.495 e. The lowest BCUT2D eigenvalue weighted by Gasteiger charge is -2.27. The molecule has 2 rings (SSSR count). The molecule has 0 saturated heterocycles. The molecular formula is C21H27FN2O3. The van der Waals surface area contributed by atoms with E-state index < -0.39 is 6.10 Å². The van der Waals surface area contributed by atoms with E-state index in [9.17, 15) is 14.3 Å². The van der Waals surface area contributed by atoms with E-state index in [1.54, 1.807) is 36.3 Å². The molecule has 0 aromatic heterocycles. The minimum absolute atomic E-state index is 0.00247. The molecule has 0 aliphatic rings. The van der Waals surface area contributed by atoms with Gasteiger partial charge in [-0.15, -0.1) is 0 Å². The topological polar surface area (TPSA) is 61.8 Å². The van der Waals surface area contributed by atoms with Gasteiger partial charge in [-0.25, -0.2) is 9.18 Å². The van der Waals surface area contributed by atoms with E-state index in [-0.39, 0.29) is 17.9 Å². The number of benzene rings is 2. The number of aliphatic hydroxyl groups is 1. The van der Waals surface area contributed by atoms with Crippen molar-refractivity contribution >= 4 is 11.7 Å². The van der Waals surface area contributed by atoms with Gasteiger partial charge in [-0.2, -0.15) is 0 Å². The van der Waals surface area contributed by atoms with E-state index >= 15 is 0 Å². The van der Waals surface area contributed by atoms with Crippen molar-refractivity contribution in [3.63, 3.8) is 0 Å². The number of nitrogens with one attached hydrogen (secondary N) is 1. The van der Waals surface area contributed by atoms with Crippen LogP contribution in [0, 0.1) is 5.82 Å². The van der Waals surface area contributed by atoms with Gasteiger partial charge in [-0.3, -0.25) is 0 Å². The van der Waals surface area contributed by atoms with Gasteiger partial charge in [-0.1, -0.05) is 24.3 Å². The number of carbonyl (C=O) groups excluding carboxylic acids is 1. The van der Waals surface area contributed by atoms with Crippen molar-refractivity contribution in [1.29, 1.82) is 0 Å². The number of carbonyl (C=O) groups is 1. The van der Waals surface area contributed by atoms with Crippen LogP contribution in [0.1, 0.15) is 38.4 Å². The van der Waals surface area contributed by atoms with Crippen molar-refractivity contribution < 1.29 is 19.0 Å². The molecule has 6 heteroatoms. The molecule has 0 aliphatic carbocycles. The van der Waals surface area contributed by atoms with Crippen molar-refractivity contribution in [3.8, 4) is 5.75 Å². The monoisotopic (exact) mass is 374 g/mol. The molecule has 0 bridgehead atoms. The quantitative estimate of drug-likeness (QED) is 0.710. The summed E-state index contributed by atoms with van der Waals surface area (Å²) in [6.45, 7) is 4.38. The molecule has 2 aromatic rings. The van der Waals surface area contributed by atoms with Crippen LogP contribution in [0.4, 0.5) is 14.9 Å². The molecule has 0 aliphatic heterocycles. The highest BCUT2D eigenvalue weighted by atomic mass is 19.1. The summed E-state index contributed by atoms with van der Waals surface area (Å²) in [6, 6.07) is 12.8. The van der Waals surface area contributed by atoms with Crippen molar-refractivity contribution in [2.45, 2.75) is 38.8 Å². The average molecular weight is 374 g/mol. The van der Waals surface area contributed by atoms with Crippen LogP contribution in [0.5, 0.6) is 5.75 Å². The standard InChI is InChI=1S/C21H27FN2O3/c1-15(2)24(21(26)23-18-7-4-5-9-20(18)27-3)14-6-8-19(25)16-10-12-17(22)13-11-16/h4-5,7,9-13,15,19,25H,6,8,14H2,1-3H3,(H,23,26). The third-order valence-corrected chi connectivity index (χ3v) is 4.36. The Labute approximate surface area is 159 Å². The number of hydrogen-bond acceptors (Lipinski definition) is 3. The molecule has 146 valence electrons. The van der Waals surface area contributed by atoms with E-state index in [0.717, 1.165) is 0 Å². The van der Waals surface area contributed by atoms with Crippen LogP contribution in [-0.2, 0) is 0 Å². The van der Waals surface area contributed by atoms with Gasteiger partial charge in [0, 0.05) is 12.6 Å². The number of methoxy groups -OCH3 is 1. The van der Waals surface area contributed by atoms with Crippen LogP contribution in [-0.4, -0.2) is 35.7 Å². The van der Waals surface area contributed by atoms with Gasteiger partial charge in [0.15, 0.2) is 0 Å². The fourth-order valence-corrected chi connectivity index (χ4v) is 2.84. The van der Waals surface area contributed by atoms with E-state index in [4.69, 9.17) is 4.74 Å². The van der Waals surface area contributed by atoms with Crippen LogP contribution in [0.25, 0.3) is 0 Å². The number of nitrogens with zero attached hydrogens (tertiary/aromatic N) is 1. The second-order valence-corrected chi connectivity index (χ2v) is 6.63. The Balaban J connectivity index is 1.92. The SMILES string of the molecule is COc1ccccc1NC(=O)N(CCCC(O)c1ccc(F)cc1)C(C)C. The Bertz CT molecular complexity index is 734. The summed E-state index contributed by atoms with van der Waals surface area (Å²) in [7, 11) is 1.56. The molecule has 5 nitrogen and oxygen atoms in total. The van der Waals surface area contributed by atoms with Crippen LogP contribution in [0.15, 0.2) is 48.5 Å². The van der Waals surface area contributed by atoms with Crippen molar-refractivity contribution in [2.24, 2.45) is 0 Å². The molecular weight excluding hydrogens is 347 g/mol.